The monoisotopic (exact) mass is 537 g/mol. The number of carbonyl (C=O) groups excluding carboxylic acids is 1. The standard InChI is InChI=1S/C31H39NO3S2/c1-20(2)25-18-27(21(3)4)30(28(19-25)22(5)6)36-31(33)23(7)29(24-14-10-8-11-15-24)32-37(34,35)26-16-12-9-13-17-26/h8-23,29,32H,1-7H3/t23-,29-/m0/s1. The molecule has 0 aliphatic heterocycles. The van der Waals surface area contributed by atoms with Crippen LogP contribution in [0.2, 0.25) is 0 Å². The molecule has 37 heavy (non-hydrogen) atoms. The van der Waals surface area contributed by atoms with Crippen LogP contribution in [0.25, 0.3) is 0 Å². The van der Waals surface area contributed by atoms with Crippen molar-refractivity contribution in [1.29, 1.82) is 0 Å². The maximum absolute atomic E-state index is 13.8. The van der Waals surface area contributed by atoms with Crippen LogP contribution >= 0.6 is 11.8 Å². The first-order valence-electron chi connectivity index (χ1n) is 12.9. The Kier molecular flexibility index (Phi) is 9.79. The van der Waals surface area contributed by atoms with Gasteiger partial charge in [-0.25, -0.2) is 13.1 Å². The highest BCUT2D eigenvalue weighted by molar-refractivity contribution is 8.13. The average molecular weight is 538 g/mol. The van der Waals surface area contributed by atoms with Crippen LogP contribution in [0.5, 0.6) is 0 Å². The summed E-state index contributed by atoms with van der Waals surface area (Å²) in [5, 5.41) is -0.0642. The van der Waals surface area contributed by atoms with E-state index in [-0.39, 0.29) is 21.8 Å². The molecule has 0 aliphatic carbocycles. The molecule has 198 valence electrons. The second-order valence-corrected chi connectivity index (χ2v) is 13.3. The van der Waals surface area contributed by atoms with Gasteiger partial charge in [0.25, 0.3) is 0 Å². The number of hydrogen-bond donors (Lipinski definition) is 1. The van der Waals surface area contributed by atoms with Crippen molar-refractivity contribution < 1.29 is 13.2 Å². The molecule has 0 aliphatic rings. The fraction of sp³-hybridized carbons (Fsp3) is 0.387. The SMILES string of the molecule is CC(C)c1cc(C(C)C)c(SC(=O)[C@@H](C)[C@H](NS(=O)(=O)c2ccccc2)c2ccccc2)c(C(C)C)c1. The zero-order chi connectivity index (χ0) is 27.3. The highest BCUT2D eigenvalue weighted by atomic mass is 32.2. The lowest BCUT2D eigenvalue weighted by Crippen LogP contribution is -2.35. The summed E-state index contributed by atoms with van der Waals surface area (Å²) in [5.74, 6) is 0.292. The molecule has 0 fully saturated rings. The zero-order valence-electron chi connectivity index (χ0n) is 22.9. The van der Waals surface area contributed by atoms with Gasteiger partial charge in [0.2, 0.25) is 10.0 Å². The largest absolute Gasteiger partial charge is 0.286 e. The molecule has 3 aromatic rings. The van der Waals surface area contributed by atoms with E-state index in [2.05, 4.69) is 58.4 Å². The molecule has 0 bridgehead atoms. The third-order valence-corrected chi connectivity index (χ3v) is 9.35. The summed E-state index contributed by atoms with van der Waals surface area (Å²) in [6.07, 6.45) is 0. The Bertz CT molecular complexity index is 1270. The molecule has 6 heteroatoms. The zero-order valence-corrected chi connectivity index (χ0v) is 24.5. The predicted molar refractivity (Wildman–Crippen MR) is 155 cm³/mol. The van der Waals surface area contributed by atoms with Gasteiger partial charge in [0.15, 0.2) is 5.12 Å². The number of thioether (sulfide) groups is 1. The number of hydrogen-bond acceptors (Lipinski definition) is 4. The predicted octanol–water partition coefficient (Wildman–Crippen LogP) is 8.03. The smallest absolute Gasteiger partial charge is 0.241 e. The third kappa shape index (κ3) is 7.13. The van der Waals surface area contributed by atoms with E-state index in [4.69, 9.17) is 0 Å². The fourth-order valence-electron chi connectivity index (χ4n) is 4.29. The highest BCUT2D eigenvalue weighted by Crippen LogP contribution is 2.41. The lowest BCUT2D eigenvalue weighted by atomic mass is 9.89. The second kappa shape index (κ2) is 12.4. The van der Waals surface area contributed by atoms with E-state index >= 15 is 0 Å². The minimum atomic E-state index is -3.83. The van der Waals surface area contributed by atoms with E-state index in [1.807, 2.05) is 37.3 Å². The summed E-state index contributed by atoms with van der Waals surface area (Å²) in [7, 11) is -3.83. The summed E-state index contributed by atoms with van der Waals surface area (Å²) in [4.78, 5) is 15.0. The van der Waals surface area contributed by atoms with Gasteiger partial charge >= 0.3 is 0 Å². The molecule has 0 radical (unpaired) electrons. The molecular formula is C31H39NO3S2. The summed E-state index contributed by atoms with van der Waals surface area (Å²) >= 11 is 1.25. The molecule has 4 nitrogen and oxygen atoms in total. The number of nitrogens with one attached hydrogen (secondary N) is 1. The maximum Gasteiger partial charge on any atom is 0.241 e. The molecule has 1 N–H and O–H groups in total. The van der Waals surface area contributed by atoms with Crippen molar-refractivity contribution in [2.45, 2.75) is 82.1 Å². The van der Waals surface area contributed by atoms with Gasteiger partial charge in [0, 0.05) is 10.8 Å². The van der Waals surface area contributed by atoms with Crippen LogP contribution in [0.4, 0.5) is 0 Å². The van der Waals surface area contributed by atoms with Crippen LogP contribution in [-0.2, 0) is 14.8 Å². The summed E-state index contributed by atoms with van der Waals surface area (Å²) < 4.78 is 29.3. The molecule has 0 saturated heterocycles. The van der Waals surface area contributed by atoms with Crippen LogP contribution in [0.3, 0.4) is 0 Å². The molecule has 0 amide bonds. The highest BCUT2D eigenvalue weighted by Gasteiger charge is 2.32. The van der Waals surface area contributed by atoms with Crippen molar-refractivity contribution in [1.82, 2.24) is 4.72 Å². The van der Waals surface area contributed by atoms with Crippen molar-refractivity contribution >= 4 is 26.9 Å². The van der Waals surface area contributed by atoms with Crippen LogP contribution in [-0.4, -0.2) is 13.5 Å². The van der Waals surface area contributed by atoms with Gasteiger partial charge in [-0.2, -0.15) is 0 Å². The van der Waals surface area contributed by atoms with E-state index in [0.717, 1.165) is 10.5 Å². The van der Waals surface area contributed by atoms with Gasteiger partial charge in [-0.05, 0) is 52.1 Å². The van der Waals surface area contributed by atoms with E-state index in [9.17, 15) is 13.2 Å². The Morgan fingerprint density at radius 1 is 0.703 bits per heavy atom. The maximum atomic E-state index is 13.8. The van der Waals surface area contributed by atoms with E-state index in [1.165, 1.54) is 28.5 Å². The Hall–Kier alpha value is -2.41. The molecule has 0 unspecified atom stereocenters. The molecule has 3 aromatic carbocycles. The third-order valence-electron chi connectivity index (χ3n) is 6.65. The van der Waals surface area contributed by atoms with Crippen molar-refractivity contribution in [3.05, 3.63) is 95.1 Å². The van der Waals surface area contributed by atoms with Gasteiger partial charge < -0.3 is 0 Å². The summed E-state index contributed by atoms with van der Waals surface area (Å²) in [5.41, 5.74) is 4.37. The lowest BCUT2D eigenvalue weighted by Gasteiger charge is -2.26. The van der Waals surface area contributed by atoms with Gasteiger partial charge in [-0.3, -0.25) is 4.79 Å². The van der Waals surface area contributed by atoms with Crippen LogP contribution in [0.15, 0.2) is 82.6 Å². The number of carbonyl (C=O) groups is 1. The Morgan fingerprint density at radius 2 is 1.19 bits per heavy atom. The minimum absolute atomic E-state index is 0.0642. The Balaban J connectivity index is 2.01. The molecule has 3 rings (SSSR count). The number of sulfonamides is 1. The molecular weight excluding hydrogens is 498 g/mol. The lowest BCUT2D eigenvalue weighted by molar-refractivity contribution is -0.114. The van der Waals surface area contributed by atoms with Gasteiger partial charge in [-0.15, -0.1) is 0 Å². The minimum Gasteiger partial charge on any atom is -0.286 e. The van der Waals surface area contributed by atoms with Gasteiger partial charge in [0.1, 0.15) is 0 Å². The normalized spacial score (nSPS) is 13.8. The Morgan fingerprint density at radius 3 is 1.65 bits per heavy atom. The number of benzene rings is 3. The molecule has 0 aromatic heterocycles. The van der Waals surface area contributed by atoms with Crippen molar-refractivity contribution in [3.63, 3.8) is 0 Å². The van der Waals surface area contributed by atoms with Crippen molar-refractivity contribution in [2.24, 2.45) is 5.92 Å². The summed E-state index contributed by atoms with van der Waals surface area (Å²) in [6, 6.07) is 21.4. The summed E-state index contributed by atoms with van der Waals surface area (Å²) in [6.45, 7) is 14.8. The second-order valence-electron chi connectivity index (χ2n) is 10.5. The van der Waals surface area contributed by atoms with E-state index < -0.39 is 22.0 Å². The van der Waals surface area contributed by atoms with Crippen molar-refractivity contribution in [2.75, 3.05) is 0 Å². The fourth-order valence-corrected chi connectivity index (χ4v) is 6.97. The first-order valence-corrected chi connectivity index (χ1v) is 15.2. The van der Waals surface area contributed by atoms with E-state index in [1.54, 1.807) is 30.3 Å². The number of rotatable bonds is 10. The van der Waals surface area contributed by atoms with Gasteiger partial charge in [0.05, 0.1) is 10.9 Å². The topological polar surface area (TPSA) is 63.2 Å². The molecule has 0 spiro atoms. The quantitative estimate of drug-likeness (QED) is 0.266. The van der Waals surface area contributed by atoms with E-state index in [0.29, 0.717) is 5.92 Å². The first kappa shape index (κ1) is 29.2. The van der Waals surface area contributed by atoms with Crippen LogP contribution in [0, 0.1) is 5.92 Å². The molecule has 2 atom stereocenters. The average Bonchev–Trinajstić information content (AvgIpc) is 2.87. The van der Waals surface area contributed by atoms with Crippen LogP contribution in [0.1, 0.15) is 94.5 Å². The molecule has 0 heterocycles. The Labute approximate surface area is 227 Å². The van der Waals surface area contributed by atoms with Crippen molar-refractivity contribution in [3.8, 4) is 0 Å². The van der Waals surface area contributed by atoms with Gasteiger partial charge in [-0.1, -0.05) is 121 Å². The molecule has 0 saturated carbocycles. The first-order chi connectivity index (χ1) is 17.4. The van der Waals surface area contributed by atoms with Crippen LogP contribution < -0.4 is 4.72 Å².